The Morgan fingerprint density at radius 2 is 1.73 bits per heavy atom. The average molecular weight is 578 g/mol. The van der Waals surface area contributed by atoms with Gasteiger partial charge in [0.15, 0.2) is 11.5 Å². The number of carbonyl (C=O) groups is 2. The van der Waals surface area contributed by atoms with Gasteiger partial charge in [0.25, 0.3) is 0 Å². The molecule has 220 valence electrons. The first-order chi connectivity index (χ1) is 19.9. The van der Waals surface area contributed by atoms with E-state index in [4.69, 9.17) is 9.47 Å². The molecule has 0 bridgehead atoms. The maximum absolute atomic E-state index is 14.0. The molecule has 0 aliphatic heterocycles. The maximum Gasteiger partial charge on any atom is 0.322 e. The number of benzene rings is 2. The zero-order valence-electron chi connectivity index (χ0n) is 24.8. The van der Waals surface area contributed by atoms with Crippen molar-refractivity contribution in [3.05, 3.63) is 75.5 Å². The molecule has 1 N–H and O–H groups in total. The van der Waals surface area contributed by atoms with Gasteiger partial charge in [0.2, 0.25) is 5.91 Å². The summed E-state index contributed by atoms with van der Waals surface area (Å²) >= 11 is 1.70. The molecule has 0 unspecified atom stereocenters. The van der Waals surface area contributed by atoms with Crippen molar-refractivity contribution in [2.45, 2.75) is 71.4 Å². The van der Waals surface area contributed by atoms with E-state index in [0.717, 1.165) is 53.8 Å². The van der Waals surface area contributed by atoms with Crippen LogP contribution in [-0.4, -0.2) is 55.1 Å². The highest BCUT2D eigenvalue weighted by Crippen LogP contribution is 2.28. The van der Waals surface area contributed by atoms with Crippen molar-refractivity contribution in [3.8, 4) is 11.5 Å². The number of thiophene rings is 1. The highest BCUT2D eigenvalue weighted by molar-refractivity contribution is 7.11. The lowest BCUT2D eigenvalue weighted by Crippen LogP contribution is -2.50. The SMILES string of the molecule is CCc1ccccc1NC(=O)N(CC(=O)N(CCc1ccc(OC)c(OC)c1)Cc1ccc(C)s1)C1CCCCC1. The van der Waals surface area contributed by atoms with Crippen LogP contribution in [0.15, 0.2) is 54.6 Å². The van der Waals surface area contributed by atoms with Gasteiger partial charge in [0.05, 0.1) is 20.8 Å². The number of hydrogen-bond acceptors (Lipinski definition) is 5. The molecule has 0 atom stereocenters. The number of aryl methyl sites for hydroxylation is 2. The Balaban J connectivity index is 1.54. The molecule has 1 aliphatic carbocycles. The van der Waals surface area contributed by atoms with Crippen LogP contribution in [-0.2, 0) is 24.2 Å². The molecule has 7 nitrogen and oxygen atoms in total. The van der Waals surface area contributed by atoms with Gasteiger partial charge in [-0.1, -0.05) is 50.5 Å². The Labute approximate surface area is 248 Å². The van der Waals surface area contributed by atoms with Crippen LogP contribution in [0.3, 0.4) is 0 Å². The number of methoxy groups -OCH3 is 2. The molecule has 41 heavy (non-hydrogen) atoms. The van der Waals surface area contributed by atoms with Gasteiger partial charge in [-0.25, -0.2) is 4.79 Å². The summed E-state index contributed by atoms with van der Waals surface area (Å²) in [6, 6.07) is 17.8. The minimum Gasteiger partial charge on any atom is -0.493 e. The van der Waals surface area contributed by atoms with Crippen molar-refractivity contribution < 1.29 is 19.1 Å². The summed E-state index contributed by atoms with van der Waals surface area (Å²) in [5.74, 6) is 1.31. The first-order valence-corrected chi connectivity index (χ1v) is 15.4. The predicted molar refractivity (Wildman–Crippen MR) is 166 cm³/mol. The third-order valence-corrected chi connectivity index (χ3v) is 8.82. The van der Waals surface area contributed by atoms with Gasteiger partial charge in [-0.3, -0.25) is 4.79 Å². The Morgan fingerprint density at radius 3 is 2.41 bits per heavy atom. The van der Waals surface area contributed by atoms with Crippen molar-refractivity contribution in [3.63, 3.8) is 0 Å². The van der Waals surface area contributed by atoms with Crippen molar-refractivity contribution in [1.82, 2.24) is 9.80 Å². The number of amides is 3. The van der Waals surface area contributed by atoms with E-state index >= 15 is 0 Å². The molecule has 3 aromatic rings. The number of rotatable bonds is 12. The smallest absolute Gasteiger partial charge is 0.322 e. The fraction of sp³-hybridized carbons (Fsp3) is 0.455. The van der Waals surface area contributed by atoms with Crippen LogP contribution >= 0.6 is 11.3 Å². The molecule has 2 aromatic carbocycles. The second-order valence-electron chi connectivity index (χ2n) is 10.6. The quantitative estimate of drug-likeness (QED) is 0.250. The van der Waals surface area contributed by atoms with E-state index in [9.17, 15) is 9.59 Å². The largest absolute Gasteiger partial charge is 0.493 e. The number of ether oxygens (including phenoxy) is 2. The minimum absolute atomic E-state index is 0.0407. The van der Waals surface area contributed by atoms with Crippen LogP contribution in [0.5, 0.6) is 11.5 Å². The first kappa shape index (κ1) is 30.4. The number of anilines is 1. The third kappa shape index (κ3) is 8.26. The Bertz CT molecular complexity index is 1300. The van der Waals surface area contributed by atoms with Crippen molar-refractivity contribution in [2.75, 3.05) is 32.6 Å². The van der Waals surface area contributed by atoms with Crippen LogP contribution in [0.25, 0.3) is 0 Å². The van der Waals surface area contributed by atoms with Gasteiger partial charge in [-0.15, -0.1) is 11.3 Å². The molecular weight excluding hydrogens is 534 g/mol. The molecule has 1 saturated carbocycles. The van der Waals surface area contributed by atoms with E-state index in [1.165, 1.54) is 11.3 Å². The van der Waals surface area contributed by atoms with Gasteiger partial charge in [0.1, 0.15) is 6.54 Å². The first-order valence-electron chi connectivity index (χ1n) is 14.6. The van der Waals surface area contributed by atoms with E-state index in [-0.39, 0.29) is 24.5 Å². The van der Waals surface area contributed by atoms with E-state index in [2.05, 4.69) is 31.3 Å². The summed E-state index contributed by atoms with van der Waals surface area (Å²) in [6.45, 7) is 5.26. The number of urea groups is 1. The lowest BCUT2D eigenvalue weighted by Gasteiger charge is -2.35. The standard InChI is InChI=1S/C33H43N3O4S/c1-5-26-11-9-10-14-29(26)34-33(38)36(27-12-7-6-8-13-27)23-32(37)35(22-28-17-15-24(2)41-28)20-19-25-16-18-30(39-3)31(21-25)40-4/h9-11,14-18,21,27H,5-8,12-13,19-20,22-23H2,1-4H3,(H,34,38). The molecule has 0 saturated heterocycles. The summed E-state index contributed by atoms with van der Waals surface area (Å²) < 4.78 is 10.9. The van der Waals surface area contributed by atoms with Crippen molar-refractivity contribution >= 4 is 29.0 Å². The molecule has 1 heterocycles. The molecular formula is C33H43N3O4S. The molecule has 8 heteroatoms. The summed E-state index contributed by atoms with van der Waals surface area (Å²) in [5.41, 5.74) is 2.95. The second-order valence-corrected chi connectivity index (χ2v) is 12.0. The molecule has 1 fully saturated rings. The minimum atomic E-state index is -0.196. The topological polar surface area (TPSA) is 71.1 Å². The van der Waals surface area contributed by atoms with Crippen LogP contribution in [0, 0.1) is 6.92 Å². The second kappa shape index (κ2) is 14.9. The average Bonchev–Trinajstić information content (AvgIpc) is 3.42. The number of nitrogens with zero attached hydrogens (tertiary/aromatic N) is 2. The Hall–Kier alpha value is -3.52. The van der Waals surface area contributed by atoms with Gasteiger partial charge in [-0.2, -0.15) is 0 Å². The number of carbonyl (C=O) groups excluding carboxylic acids is 2. The van der Waals surface area contributed by atoms with Gasteiger partial charge < -0.3 is 24.6 Å². The highest BCUT2D eigenvalue weighted by atomic mass is 32.1. The number of nitrogens with one attached hydrogen (secondary N) is 1. The summed E-state index contributed by atoms with van der Waals surface area (Å²) in [5, 5.41) is 3.13. The molecule has 3 amide bonds. The van der Waals surface area contributed by atoms with Crippen molar-refractivity contribution in [2.24, 2.45) is 0 Å². The monoisotopic (exact) mass is 577 g/mol. The van der Waals surface area contributed by atoms with Crippen LogP contribution in [0.2, 0.25) is 0 Å². The predicted octanol–water partition coefficient (Wildman–Crippen LogP) is 7.07. The number of para-hydroxylation sites is 1. The van der Waals surface area contributed by atoms with E-state index in [0.29, 0.717) is 31.0 Å². The van der Waals surface area contributed by atoms with Gasteiger partial charge in [-0.05, 0) is 74.1 Å². The van der Waals surface area contributed by atoms with Crippen LogP contribution < -0.4 is 14.8 Å². The summed E-state index contributed by atoms with van der Waals surface area (Å²) in [7, 11) is 3.25. The Kier molecular flexibility index (Phi) is 11.1. The molecule has 0 spiro atoms. The molecule has 4 rings (SSSR count). The maximum atomic E-state index is 14.0. The fourth-order valence-corrected chi connectivity index (χ4v) is 6.40. The van der Waals surface area contributed by atoms with Crippen LogP contribution in [0.4, 0.5) is 10.5 Å². The van der Waals surface area contributed by atoms with E-state index in [1.54, 1.807) is 30.5 Å². The van der Waals surface area contributed by atoms with Gasteiger partial charge in [0, 0.05) is 28.0 Å². The lowest BCUT2D eigenvalue weighted by atomic mass is 9.94. The van der Waals surface area contributed by atoms with E-state index < -0.39 is 0 Å². The number of hydrogen-bond donors (Lipinski definition) is 1. The summed E-state index contributed by atoms with van der Waals surface area (Å²) in [4.78, 5) is 33.8. The molecule has 1 aromatic heterocycles. The van der Waals surface area contributed by atoms with Crippen molar-refractivity contribution in [1.29, 1.82) is 0 Å². The highest BCUT2D eigenvalue weighted by Gasteiger charge is 2.29. The normalized spacial score (nSPS) is 13.5. The lowest BCUT2D eigenvalue weighted by molar-refractivity contribution is -0.132. The summed E-state index contributed by atoms with van der Waals surface area (Å²) in [6.07, 6.45) is 6.65. The van der Waals surface area contributed by atoms with Gasteiger partial charge >= 0.3 is 6.03 Å². The van der Waals surface area contributed by atoms with E-state index in [1.807, 2.05) is 47.4 Å². The zero-order valence-corrected chi connectivity index (χ0v) is 25.6. The van der Waals surface area contributed by atoms with Crippen LogP contribution in [0.1, 0.15) is 59.9 Å². The third-order valence-electron chi connectivity index (χ3n) is 7.84. The fourth-order valence-electron chi connectivity index (χ4n) is 5.49. The molecule has 1 aliphatic rings. The Morgan fingerprint density at radius 1 is 0.976 bits per heavy atom. The zero-order chi connectivity index (χ0) is 29.2. The molecule has 0 radical (unpaired) electrons.